The number of aromatic amines is 1. The van der Waals surface area contributed by atoms with Crippen LogP contribution in [0.5, 0.6) is 0 Å². The van der Waals surface area contributed by atoms with E-state index < -0.39 is 0 Å². The Morgan fingerprint density at radius 2 is 1.30 bits per heavy atom. The molecule has 4 heterocycles. The van der Waals surface area contributed by atoms with Gasteiger partial charge in [-0.05, 0) is 92.1 Å². The van der Waals surface area contributed by atoms with E-state index in [1.165, 1.54) is 65.7 Å². The molecule has 0 aliphatic heterocycles. The molecule has 4 heteroatoms. The smallest absolute Gasteiger partial charge is 0.135 e. The van der Waals surface area contributed by atoms with E-state index in [2.05, 4.69) is 149 Å². The van der Waals surface area contributed by atoms with Crippen LogP contribution >= 0.6 is 0 Å². The summed E-state index contributed by atoms with van der Waals surface area (Å²) in [4.78, 5) is 3.65. The zero-order valence-corrected chi connectivity index (χ0v) is 29.5. The fourth-order valence-corrected chi connectivity index (χ4v) is 8.41. The monoisotopic (exact) mass is 683 g/mol. The summed E-state index contributed by atoms with van der Waals surface area (Å²) in [6.07, 6.45) is 13.0. The van der Waals surface area contributed by atoms with E-state index in [1.807, 2.05) is 42.5 Å². The summed E-state index contributed by atoms with van der Waals surface area (Å²) in [7, 11) is 0. The molecule has 0 spiro atoms. The molecule has 0 unspecified atom stereocenters. The highest BCUT2D eigenvalue weighted by Gasteiger charge is 2.22. The van der Waals surface area contributed by atoms with Crippen molar-refractivity contribution in [2.75, 3.05) is 0 Å². The number of nitrogens with one attached hydrogen (secondary N) is 1. The third-order valence-corrected chi connectivity index (χ3v) is 10.7. The van der Waals surface area contributed by atoms with E-state index in [9.17, 15) is 0 Å². The minimum absolute atomic E-state index is 0.962. The third kappa shape index (κ3) is 4.91. The minimum atomic E-state index is 0.962. The van der Waals surface area contributed by atoms with Gasteiger partial charge in [-0.2, -0.15) is 0 Å². The van der Waals surface area contributed by atoms with Crippen LogP contribution in [0.25, 0.3) is 95.2 Å². The van der Waals surface area contributed by atoms with Crippen molar-refractivity contribution in [3.8, 4) is 11.4 Å². The van der Waals surface area contributed by atoms with Crippen molar-refractivity contribution >= 4 is 83.8 Å². The number of furan rings is 1. The molecule has 0 fully saturated rings. The number of aromatic nitrogens is 3. The first-order valence-electron chi connectivity index (χ1n) is 18.3. The predicted molar refractivity (Wildman–Crippen MR) is 225 cm³/mol. The van der Waals surface area contributed by atoms with Gasteiger partial charge in [0.25, 0.3) is 0 Å². The molecule has 0 atom stereocenters. The summed E-state index contributed by atoms with van der Waals surface area (Å²) >= 11 is 0. The second-order valence-corrected chi connectivity index (χ2v) is 13.7. The van der Waals surface area contributed by atoms with Crippen molar-refractivity contribution < 1.29 is 4.42 Å². The van der Waals surface area contributed by atoms with Gasteiger partial charge in [-0.1, -0.05) is 104 Å². The second kappa shape index (κ2) is 12.5. The summed E-state index contributed by atoms with van der Waals surface area (Å²) in [6, 6.07) is 47.1. The SMILES string of the molecule is C=Cc1c(/C=C\C)c2c(n1-c1cccc(-n3c4ccccc4c4cc5c(cc43)[nH]c3ccccc35)c1)C=CCC2.c1ccc2c(c1)oc1ccccc12. The van der Waals surface area contributed by atoms with E-state index in [0.717, 1.165) is 46.6 Å². The molecule has 254 valence electrons. The topological polar surface area (TPSA) is 38.8 Å². The molecule has 0 amide bonds. The highest BCUT2D eigenvalue weighted by atomic mass is 16.3. The van der Waals surface area contributed by atoms with Gasteiger partial charge in [0, 0.05) is 66.0 Å². The maximum Gasteiger partial charge on any atom is 0.135 e. The molecule has 1 aliphatic carbocycles. The quantitative estimate of drug-likeness (QED) is 0.197. The van der Waals surface area contributed by atoms with Crippen molar-refractivity contribution in [3.63, 3.8) is 0 Å². The summed E-state index contributed by atoms with van der Waals surface area (Å²) in [5, 5.41) is 7.44. The molecule has 53 heavy (non-hydrogen) atoms. The van der Waals surface area contributed by atoms with Crippen LogP contribution in [0.4, 0.5) is 0 Å². The Bertz CT molecular complexity index is 3050. The Morgan fingerprint density at radius 3 is 2.06 bits per heavy atom. The number of hydrogen-bond donors (Lipinski definition) is 1. The van der Waals surface area contributed by atoms with Gasteiger partial charge in [0.15, 0.2) is 0 Å². The number of nitrogens with zero attached hydrogens (tertiary/aromatic N) is 2. The van der Waals surface area contributed by atoms with E-state index in [4.69, 9.17) is 4.42 Å². The van der Waals surface area contributed by atoms with Crippen molar-refractivity contribution in [1.29, 1.82) is 0 Å². The van der Waals surface area contributed by atoms with Gasteiger partial charge in [-0.3, -0.25) is 0 Å². The number of para-hydroxylation sites is 4. The Morgan fingerprint density at radius 1 is 0.623 bits per heavy atom. The zero-order chi connectivity index (χ0) is 35.5. The van der Waals surface area contributed by atoms with Crippen LogP contribution < -0.4 is 0 Å². The Kier molecular flexibility index (Phi) is 7.29. The highest BCUT2D eigenvalue weighted by Crippen LogP contribution is 2.39. The lowest BCUT2D eigenvalue weighted by Crippen LogP contribution is -2.03. The van der Waals surface area contributed by atoms with Gasteiger partial charge in [0.2, 0.25) is 0 Å². The fourth-order valence-electron chi connectivity index (χ4n) is 8.41. The van der Waals surface area contributed by atoms with E-state index in [-0.39, 0.29) is 0 Å². The van der Waals surface area contributed by atoms with E-state index in [0.29, 0.717) is 0 Å². The van der Waals surface area contributed by atoms with E-state index in [1.54, 1.807) is 0 Å². The van der Waals surface area contributed by atoms with Gasteiger partial charge < -0.3 is 18.5 Å². The normalized spacial score (nSPS) is 12.8. The number of H-pyrrole nitrogens is 1. The van der Waals surface area contributed by atoms with E-state index >= 15 is 0 Å². The van der Waals surface area contributed by atoms with Crippen LogP contribution in [-0.4, -0.2) is 14.1 Å². The van der Waals surface area contributed by atoms with Crippen LogP contribution in [-0.2, 0) is 6.42 Å². The van der Waals surface area contributed by atoms with Gasteiger partial charge in [-0.25, -0.2) is 0 Å². The fraction of sp³-hybridized carbons (Fsp3) is 0.0612. The van der Waals surface area contributed by atoms with Gasteiger partial charge >= 0.3 is 0 Å². The maximum atomic E-state index is 5.65. The van der Waals surface area contributed by atoms with Crippen LogP contribution in [0.1, 0.15) is 35.9 Å². The molecule has 4 aromatic heterocycles. The Balaban J connectivity index is 0.000000225. The first kappa shape index (κ1) is 31.0. The number of allylic oxidation sites excluding steroid dienone is 2. The van der Waals surface area contributed by atoms with Gasteiger partial charge in [-0.15, -0.1) is 0 Å². The number of benzene rings is 6. The molecule has 6 aromatic carbocycles. The summed E-state index contributed by atoms with van der Waals surface area (Å²) in [6.45, 7) is 6.30. The molecule has 0 saturated heterocycles. The summed E-state index contributed by atoms with van der Waals surface area (Å²) in [5.74, 6) is 0. The molecule has 0 bridgehead atoms. The number of fused-ring (bicyclic) bond motifs is 10. The van der Waals surface area contributed by atoms with Gasteiger partial charge in [0.1, 0.15) is 11.2 Å². The van der Waals surface area contributed by atoms with Crippen molar-refractivity contribution in [1.82, 2.24) is 14.1 Å². The molecule has 0 saturated carbocycles. The largest absolute Gasteiger partial charge is 0.456 e. The van der Waals surface area contributed by atoms with Crippen LogP contribution in [0, 0.1) is 0 Å². The molecule has 0 radical (unpaired) electrons. The first-order valence-corrected chi connectivity index (χ1v) is 18.3. The lowest BCUT2D eigenvalue weighted by molar-refractivity contribution is 0.669. The molecular weight excluding hydrogens is 647 g/mol. The van der Waals surface area contributed by atoms with Crippen LogP contribution in [0.3, 0.4) is 0 Å². The van der Waals surface area contributed by atoms with Crippen molar-refractivity contribution in [2.24, 2.45) is 0 Å². The Hall–Kier alpha value is -6.78. The first-order chi connectivity index (χ1) is 26.2. The minimum Gasteiger partial charge on any atom is -0.456 e. The second-order valence-electron chi connectivity index (χ2n) is 13.7. The highest BCUT2D eigenvalue weighted by molar-refractivity contribution is 6.18. The molecule has 11 rings (SSSR count). The summed E-state index contributed by atoms with van der Waals surface area (Å²) in [5.41, 5.74) is 14.0. The molecule has 10 aromatic rings. The summed E-state index contributed by atoms with van der Waals surface area (Å²) < 4.78 is 10.4. The molecular formula is C49H37N3O. The van der Waals surface area contributed by atoms with Crippen molar-refractivity contribution in [3.05, 3.63) is 175 Å². The molecule has 4 nitrogen and oxygen atoms in total. The lowest BCUT2D eigenvalue weighted by atomic mass is 9.99. The number of rotatable bonds is 4. The number of hydrogen-bond acceptors (Lipinski definition) is 1. The van der Waals surface area contributed by atoms with Gasteiger partial charge in [0.05, 0.1) is 16.7 Å². The molecule has 1 aliphatic rings. The third-order valence-electron chi connectivity index (χ3n) is 10.7. The zero-order valence-electron chi connectivity index (χ0n) is 29.5. The lowest BCUT2D eigenvalue weighted by Gasteiger charge is -2.15. The average molecular weight is 684 g/mol. The van der Waals surface area contributed by atoms with Crippen LogP contribution in [0.2, 0.25) is 0 Å². The standard InChI is InChI=1S/C37H29N3.C12H8O/c1-3-12-27-28-16-6-9-19-35(28)39(34(27)4-2)24-13-11-14-25(21-24)40-36-20-10-7-17-29(36)31-22-30-26-15-5-8-18-32(26)38-33(30)23-37(31)40;1-3-7-11-9(5-1)10-6-2-4-8-12(10)13-11/h3-5,7-15,17-23,38H,2,6,16H2,1H3;1-8H/b12-3-;. The Labute approximate surface area is 307 Å². The maximum absolute atomic E-state index is 5.65. The van der Waals surface area contributed by atoms with Crippen molar-refractivity contribution in [2.45, 2.75) is 19.8 Å². The predicted octanol–water partition coefficient (Wildman–Crippen LogP) is 13.4. The average Bonchev–Trinajstić information content (AvgIpc) is 3.95. The molecule has 1 N–H and O–H groups in total. The van der Waals surface area contributed by atoms with Crippen LogP contribution in [0.15, 0.2) is 157 Å².